The molecule has 0 saturated heterocycles. The van der Waals surface area contributed by atoms with Crippen LogP contribution in [0.4, 0.5) is 0 Å². The number of aliphatic carboxylic acids is 1. The van der Waals surface area contributed by atoms with Crippen molar-refractivity contribution in [1.29, 1.82) is 0 Å². The van der Waals surface area contributed by atoms with Crippen LogP contribution < -0.4 is 0 Å². The molecule has 0 saturated carbocycles. The molecule has 0 spiro atoms. The van der Waals surface area contributed by atoms with E-state index in [0.29, 0.717) is 17.9 Å². The lowest BCUT2D eigenvalue weighted by atomic mass is 10.2. The van der Waals surface area contributed by atoms with E-state index in [1.165, 1.54) is 4.68 Å². The second-order valence-corrected chi connectivity index (χ2v) is 3.84. The number of nitrogens with zero attached hydrogens (tertiary/aromatic N) is 4. The molecule has 0 aliphatic carbocycles. The number of rotatable bonds is 5. The summed E-state index contributed by atoms with van der Waals surface area (Å²) < 4.78 is 6.18. The van der Waals surface area contributed by atoms with Crippen LogP contribution in [0.2, 0.25) is 0 Å². The minimum absolute atomic E-state index is 0.210. The number of hydrogen-bond donors (Lipinski definition) is 1. The Labute approximate surface area is 114 Å². The topological polar surface area (TPSA) is 107 Å². The molecular weight excluding hydrogens is 264 g/mol. The van der Waals surface area contributed by atoms with Gasteiger partial charge in [0.1, 0.15) is 6.42 Å². The molecule has 0 bridgehead atoms. The third-order valence-electron chi connectivity index (χ3n) is 2.47. The van der Waals surface area contributed by atoms with Crippen molar-refractivity contribution < 1.29 is 19.4 Å². The maximum Gasteiger partial charge on any atom is 0.338 e. The lowest BCUT2D eigenvalue weighted by Gasteiger charge is -2.05. The van der Waals surface area contributed by atoms with Crippen LogP contribution in [0.3, 0.4) is 0 Å². The first-order valence-electron chi connectivity index (χ1n) is 5.88. The Hall–Kier alpha value is -2.77. The number of aromatic nitrogens is 4. The van der Waals surface area contributed by atoms with E-state index in [0.717, 1.165) is 0 Å². The van der Waals surface area contributed by atoms with Gasteiger partial charge in [0.05, 0.1) is 17.9 Å². The van der Waals surface area contributed by atoms with Gasteiger partial charge >= 0.3 is 11.9 Å². The number of tetrazole rings is 1. The van der Waals surface area contributed by atoms with Crippen molar-refractivity contribution in [3.63, 3.8) is 0 Å². The Kier molecular flexibility index (Phi) is 4.04. The number of hydrogen-bond acceptors (Lipinski definition) is 6. The third-order valence-corrected chi connectivity index (χ3v) is 2.47. The Morgan fingerprint density at radius 2 is 2.00 bits per heavy atom. The van der Waals surface area contributed by atoms with E-state index in [-0.39, 0.29) is 12.2 Å². The van der Waals surface area contributed by atoms with E-state index >= 15 is 0 Å². The van der Waals surface area contributed by atoms with Crippen LogP contribution in [0.5, 0.6) is 0 Å². The van der Waals surface area contributed by atoms with Crippen LogP contribution in [0, 0.1) is 0 Å². The van der Waals surface area contributed by atoms with E-state index in [9.17, 15) is 9.59 Å². The summed E-state index contributed by atoms with van der Waals surface area (Å²) in [5, 5.41) is 19.6. The lowest BCUT2D eigenvalue weighted by molar-refractivity contribution is -0.136. The van der Waals surface area contributed by atoms with Crippen molar-refractivity contribution in [3.8, 4) is 5.69 Å². The second-order valence-electron chi connectivity index (χ2n) is 3.84. The predicted molar refractivity (Wildman–Crippen MR) is 66.5 cm³/mol. The molecule has 8 nitrogen and oxygen atoms in total. The zero-order chi connectivity index (χ0) is 14.5. The summed E-state index contributed by atoms with van der Waals surface area (Å²) in [5.74, 6) is -1.23. The fraction of sp³-hybridized carbons (Fsp3) is 0.250. The minimum atomic E-state index is -1.02. The maximum absolute atomic E-state index is 11.5. The van der Waals surface area contributed by atoms with Crippen LogP contribution in [0.15, 0.2) is 24.3 Å². The third kappa shape index (κ3) is 2.97. The van der Waals surface area contributed by atoms with Crippen LogP contribution in [0.25, 0.3) is 5.69 Å². The number of ether oxygens (including phenoxy) is 1. The molecule has 104 valence electrons. The average molecular weight is 276 g/mol. The summed E-state index contributed by atoms with van der Waals surface area (Å²) in [5.41, 5.74) is 0.975. The highest BCUT2D eigenvalue weighted by atomic mass is 16.5. The summed E-state index contributed by atoms with van der Waals surface area (Å²) in [6.07, 6.45) is -0.285. The van der Waals surface area contributed by atoms with Gasteiger partial charge in [-0.25, -0.2) is 4.79 Å². The molecule has 0 amide bonds. The van der Waals surface area contributed by atoms with Gasteiger partial charge in [-0.15, -0.1) is 5.10 Å². The second kappa shape index (κ2) is 5.91. The lowest BCUT2D eigenvalue weighted by Crippen LogP contribution is -2.09. The zero-order valence-corrected chi connectivity index (χ0v) is 10.7. The highest BCUT2D eigenvalue weighted by Crippen LogP contribution is 2.11. The Morgan fingerprint density at radius 1 is 1.30 bits per heavy atom. The van der Waals surface area contributed by atoms with Crippen molar-refractivity contribution in [2.24, 2.45) is 0 Å². The van der Waals surface area contributed by atoms with Gasteiger partial charge in [0.2, 0.25) is 0 Å². The van der Waals surface area contributed by atoms with Crippen molar-refractivity contribution in [2.75, 3.05) is 6.61 Å². The standard InChI is InChI=1S/C12H12N4O4/c1-2-20-12(19)8-3-5-9(6-4-8)16-10(7-11(17)18)13-14-15-16/h3-6H,2,7H2,1H3,(H,17,18). The van der Waals surface area contributed by atoms with Gasteiger partial charge in [-0.1, -0.05) is 0 Å². The monoisotopic (exact) mass is 276 g/mol. The summed E-state index contributed by atoms with van der Waals surface area (Å²) in [6, 6.07) is 6.38. The van der Waals surface area contributed by atoms with Crippen molar-refractivity contribution in [3.05, 3.63) is 35.7 Å². The predicted octanol–water partition coefficient (Wildman–Crippen LogP) is 0.466. The SMILES string of the molecule is CCOC(=O)c1ccc(-n2nnnc2CC(=O)O)cc1. The molecule has 1 aromatic heterocycles. The number of carbonyl (C=O) groups is 2. The van der Waals surface area contributed by atoms with E-state index < -0.39 is 11.9 Å². The zero-order valence-electron chi connectivity index (χ0n) is 10.7. The molecule has 20 heavy (non-hydrogen) atoms. The Balaban J connectivity index is 2.24. The van der Waals surface area contributed by atoms with Gasteiger partial charge in [-0.3, -0.25) is 4.79 Å². The van der Waals surface area contributed by atoms with Crippen molar-refractivity contribution in [2.45, 2.75) is 13.3 Å². The molecule has 2 aromatic rings. The molecule has 0 aliphatic rings. The highest BCUT2D eigenvalue weighted by Gasteiger charge is 2.13. The molecule has 2 rings (SSSR count). The van der Waals surface area contributed by atoms with Gasteiger partial charge < -0.3 is 9.84 Å². The fourth-order valence-corrected chi connectivity index (χ4v) is 1.60. The smallest absolute Gasteiger partial charge is 0.338 e. The number of carboxylic acids is 1. The summed E-state index contributed by atoms with van der Waals surface area (Å²) in [4.78, 5) is 22.2. The molecule has 0 radical (unpaired) electrons. The van der Waals surface area contributed by atoms with Crippen LogP contribution in [-0.4, -0.2) is 43.9 Å². The van der Waals surface area contributed by atoms with E-state index in [1.807, 2.05) is 0 Å². The van der Waals surface area contributed by atoms with Crippen molar-refractivity contribution in [1.82, 2.24) is 20.2 Å². The number of benzene rings is 1. The van der Waals surface area contributed by atoms with Gasteiger partial charge in [0.15, 0.2) is 5.82 Å². The molecule has 0 atom stereocenters. The average Bonchev–Trinajstić information content (AvgIpc) is 2.86. The molecule has 0 fully saturated rings. The molecule has 0 aliphatic heterocycles. The molecule has 8 heteroatoms. The number of esters is 1. The van der Waals surface area contributed by atoms with Gasteiger partial charge in [-0.05, 0) is 41.6 Å². The Morgan fingerprint density at radius 3 is 2.60 bits per heavy atom. The first-order chi connectivity index (χ1) is 9.61. The first-order valence-corrected chi connectivity index (χ1v) is 5.88. The quantitative estimate of drug-likeness (QED) is 0.790. The number of carboxylic acid groups (broad SMARTS) is 1. The molecule has 0 unspecified atom stereocenters. The Bertz CT molecular complexity index is 621. The summed E-state index contributed by atoms with van der Waals surface area (Å²) in [6.45, 7) is 2.03. The van der Waals surface area contributed by atoms with Gasteiger partial charge in [-0.2, -0.15) is 4.68 Å². The fourth-order valence-electron chi connectivity index (χ4n) is 1.60. The minimum Gasteiger partial charge on any atom is -0.481 e. The van der Waals surface area contributed by atoms with Crippen LogP contribution in [-0.2, 0) is 16.0 Å². The largest absolute Gasteiger partial charge is 0.481 e. The molecular formula is C12H12N4O4. The first kappa shape index (κ1) is 13.7. The summed E-state index contributed by atoms with van der Waals surface area (Å²) in [7, 11) is 0. The van der Waals surface area contributed by atoms with Gasteiger partial charge in [0, 0.05) is 0 Å². The summed E-state index contributed by atoms with van der Waals surface area (Å²) >= 11 is 0. The van der Waals surface area contributed by atoms with E-state index in [2.05, 4.69) is 15.5 Å². The highest BCUT2D eigenvalue weighted by molar-refractivity contribution is 5.89. The normalized spacial score (nSPS) is 10.2. The van der Waals surface area contributed by atoms with E-state index in [1.54, 1.807) is 31.2 Å². The van der Waals surface area contributed by atoms with Crippen LogP contribution >= 0.6 is 0 Å². The molecule has 1 heterocycles. The maximum atomic E-state index is 11.5. The molecule has 1 N–H and O–H groups in total. The molecule has 1 aromatic carbocycles. The number of carbonyl (C=O) groups excluding carboxylic acids is 1. The van der Waals surface area contributed by atoms with Crippen molar-refractivity contribution >= 4 is 11.9 Å². The van der Waals surface area contributed by atoms with Gasteiger partial charge in [0.25, 0.3) is 0 Å². The van der Waals surface area contributed by atoms with E-state index in [4.69, 9.17) is 9.84 Å². The van der Waals surface area contributed by atoms with Crippen LogP contribution in [0.1, 0.15) is 23.1 Å².